The van der Waals surface area contributed by atoms with Crippen molar-refractivity contribution in [3.8, 4) is 46.0 Å². The summed E-state index contributed by atoms with van der Waals surface area (Å²) in [5, 5.41) is 10.3. The normalized spacial score (nSPS) is 21.5. The van der Waals surface area contributed by atoms with E-state index in [1.54, 1.807) is 28.4 Å². The molecule has 268 valence electrons. The van der Waals surface area contributed by atoms with Crippen LogP contribution in [0.3, 0.4) is 0 Å². The number of benzene rings is 4. The second kappa shape index (κ2) is 13.7. The van der Waals surface area contributed by atoms with Gasteiger partial charge in [-0.25, -0.2) is 4.79 Å². The average molecular weight is 696 g/mol. The number of ether oxygens (including phenoxy) is 6. The number of methoxy groups -OCH3 is 4. The van der Waals surface area contributed by atoms with E-state index in [1.165, 1.54) is 0 Å². The fraction of sp³-hybridized carbons (Fsp3) is 0.390. The van der Waals surface area contributed by atoms with E-state index >= 15 is 0 Å². The molecule has 51 heavy (non-hydrogen) atoms. The first kappa shape index (κ1) is 34.5. The number of fused-ring (bicyclic) bond motifs is 2. The highest BCUT2D eigenvalue weighted by Gasteiger charge is 2.46. The highest BCUT2D eigenvalue weighted by Crippen LogP contribution is 2.52. The minimum atomic E-state index is -0.826. The van der Waals surface area contributed by atoms with Gasteiger partial charge < -0.3 is 38.0 Å². The number of nitrogens with zero attached hydrogens (tertiary/aromatic N) is 2. The largest absolute Gasteiger partial charge is 0.493 e. The smallest absolute Gasteiger partial charge is 0.362 e. The Morgan fingerprint density at radius 2 is 1.51 bits per heavy atom. The molecule has 0 amide bonds. The van der Waals surface area contributed by atoms with Gasteiger partial charge in [-0.15, -0.1) is 0 Å². The van der Waals surface area contributed by atoms with E-state index in [2.05, 4.69) is 55.4 Å². The van der Waals surface area contributed by atoms with E-state index in [0.29, 0.717) is 76.3 Å². The van der Waals surface area contributed by atoms with Crippen molar-refractivity contribution in [1.82, 2.24) is 4.90 Å². The number of carbonyl (C=O) groups is 1. The Balaban J connectivity index is 1.49. The molecule has 8 rings (SSSR count). The second-order valence-corrected chi connectivity index (χ2v) is 14.1. The summed E-state index contributed by atoms with van der Waals surface area (Å²) in [6.07, 6.45) is 2.78. The predicted octanol–water partition coefficient (Wildman–Crippen LogP) is 7.15. The number of quaternary nitrogens is 1. The van der Waals surface area contributed by atoms with Gasteiger partial charge in [0.1, 0.15) is 11.8 Å². The highest BCUT2D eigenvalue weighted by molar-refractivity contribution is 5.71. The summed E-state index contributed by atoms with van der Waals surface area (Å²) < 4.78 is 37.5. The molecule has 4 aliphatic rings. The Morgan fingerprint density at radius 3 is 2.20 bits per heavy atom. The molecule has 0 saturated heterocycles. The van der Waals surface area contributed by atoms with Gasteiger partial charge in [0.25, 0.3) is 0 Å². The SMILES string of the molecule is COc1ccc2cc1Oc1ccc(cc1)CC1c3cc(c(OC)cc3CC[N+]1(C)C(C)C(=O)O)Oc1c(OC)c(OC)cc3c1C(C2)N(C)CC3. The quantitative estimate of drug-likeness (QED) is 0.211. The minimum absolute atomic E-state index is 0.0734. The van der Waals surface area contributed by atoms with Gasteiger partial charge in [0, 0.05) is 36.6 Å². The van der Waals surface area contributed by atoms with Crippen LogP contribution in [0.4, 0.5) is 0 Å². The zero-order valence-electron chi connectivity index (χ0n) is 30.4. The van der Waals surface area contributed by atoms with Crippen molar-refractivity contribution < 1.29 is 42.8 Å². The number of rotatable bonds is 6. The number of carboxylic acid groups (broad SMARTS) is 1. The third-order valence-corrected chi connectivity index (χ3v) is 11.4. The van der Waals surface area contributed by atoms with Crippen LogP contribution in [-0.2, 0) is 30.5 Å². The van der Waals surface area contributed by atoms with E-state index in [1.807, 2.05) is 31.2 Å². The number of carboxylic acids is 1. The van der Waals surface area contributed by atoms with Crippen molar-refractivity contribution in [3.63, 3.8) is 0 Å². The molecule has 4 aliphatic heterocycles. The summed E-state index contributed by atoms with van der Waals surface area (Å²) in [6.45, 7) is 3.32. The summed E-state index contributed by atoms with van der Waals surface area (Å²) in [4.78, 5) is 15.0. The maximum atomic E-state index is 12.6. The van der Waals surface area contributed by atoms with Crippen LogP contribution in [0, 0.1) is 0 Å². The lowest BCUT2D eigenvalue weighted by Gasteiger charge is -2.48. The van der Waals surface area contributed by atoms with Crippen molar-refractivity contribution in [3.05, 3.63) is 94.0 Å². The number of hydrogen-bond acceptors (Lipinski definition) is 8. The van der Waals surface area contributed by atoms with Gasteiger partial charge in [0.15, 0.2) is 40.5 Å². The van der Waals surface area contributed by atoms with Gasteiger partial charge in [-0.1, -0.05) is 18.2 Å². The Bertz CT molecular complexity index is 1960. The van der Waals surface area contributed by atoms with Crippen molar-refractivity contribution in [2.75, 3.05) is 55.6 Å². The van der Waals surface area contributed by atoms with E-state index in [9.17, 15) is 9.90 Å². The monoisotopic (exact) mass is 695 g/mol. The fourth-order valence-electron chi connectivity index (χ4n) is 8.19. The molecule has 4 aromatic carbocycles. The molecule has 0 spiro atoms. The highest BCUT2D eigenvalue weighted by atomic mass is 16.5. The molecule has 4 unspecified atom stereocenters. The molecule has 10 nitrogen and oxygen atoms in total. The second-order valence-electron chi connectivity index (χ2n) is 14.1. The molecule has 4 heterocycles. The molecule has 0 radical (unpaired) electrons. The van der Waals surface area contributed by atoms with Gasteiger partial charge in [-0.2, -0.15) is 0 Å². The molecule has 1 N–H and O–H groups in total. The van der Waals surface area contributed by atoms with E-state index in [0.717, 1.165) is 46.3 Å². The zero-order valence-corrected chi connectivity index (χ0v) is 30.4. The van der Waals surface area contributed by atoms with Gasteiger partial charge in [-0.05, 0) is 91.5 Å². The molecule has 4 atom stereocenters. The standard InChI is InChI=1S/C41H46N2O8/c1-24(41(44)45)43(3)17-15-27-21-34(47-5)36-23-30(27)32(43)19-25-8-11-29(12-9-25)50-35-20-26(10-13-33(35)46-4)18-31-38-28(14-16-42(31)2)22-37(48-6)39(49-7)40(38)51-36/h8-13,20-24,31-32H,14-19H2,1-7H3/p+1. The van der Waals surface area contributed by atoms with E-state index in [4.69, 9.17) is 28.4 Å². The van der Waals surface area contributed by atoms with Crippen LogP contribution in [0.15, 0.2) is 60.7 Å². The molecule has 0 saturated carbocycles. The Hall–Kier alpha value is -4.93. The summed E-state index contributed by atoms with van der Waals surface area (Å²) in [7, 11) is 10.8. The van der Waals surface area contributed by atoms with Crippen LogP contribution < -0.4 is 28.4 Å². The zero-order chi connectivity index (χ0) is 36.0. The lowest BCUT2D eigenvalue weighted by molar-refractivity contribution is -0.954. The summed E-state index contributed by atoms with van der Waals surface area (Å²) in [6, 6.07) is 19.4. The maximum Gasteiger partial charge on any atom is 0.362 e. The molecular formula is C41H47N2O8+. The summed E-state index contributed by atoms with van der Waals surface area (Å²) >= 11 is 0. The lowest BCUT2D eigenvalue weighted by Crippen LogP contribution is -2.59. The van der Waals surface area contributed by atoms with Crippen molar-refractivity contribution in [2.45, 2.75) is 50.7 Å². The van der Waals surface area contributed by atoms with Crippen LogP contribution in [0.1, 0.15) is 52.4 Å². The van der Waals surface area contributed by atoms with Gasteiger partial charge in [0.2, 0.25) is 5.75 Å². The van der Waals surface area contributed by atoms with Crippen LogP contribution >= 0.6 is 0 Å². The van der Waals surface area contributed by atoms with E-state index in [-0.39, 0.29) is 12.1 Å². The number of hydrogen-bond donors (Lipinski definition) is 1. The van der Waals surface area contributed by atoms with Gasteiger partial charge in [0.05, 0.1) is 42.0 Å². The lowest BCUT2D eigenvalue weighted by atomic mass is 9.85. The fourth-order valence-corrected chi connectivity index (χ4v) is 8.19. The number of likely N-dealkylation sites (N-methyl/N-ethyl adjacent to an activating group) is 2. The molecule has 6 bridgehead atoms. The van der Waals surface area contributed by atoms with Gasteiger partial charge in [-0.3, -0.25) is 4.90 Å². The Kier molecular flexibility index (Phi) is 9.24. The van der Waals surface area contributed by atoms with E-state index < -0.39 is 12.0 Å². The van der Waals surface area contributed by atoms with Crippen LogP contribution in [0.2, 0.25) is 0 Å². The molecule has 0 fully saturated rings. The van der Waals surface area contributed by atoms with Crippen molar-refractivity contribution in [1.29, 1.82) is 0 Å². The first-order valence-corrected chi connectivity index (χ1v) is 17.5. The topological polar surface area (TPSA) is 95.9 Å². The minimum Gasteiger partial charge on any atom is -0.493 e. The summed E-state index contributed by atoms with van der Waals surface area (Å²) in [5.41, 5.74) is 6.45. The predicted molar refractivity (Wildman–Crippen MR) is 193 cm³/mol. The molecule has 0 aromatic heterocycles. The third-order valence-electron chi connectivity index (χ3n) is 11.4. The Morgan fingerprint density at radius 1 is 0.824 bits per heavy atom. The van der Waals surface area contributed by atoms with Crippen LogP contribution in [0.5, 0.6) is 46.0 Å². The third kappa shape index (κ3) is 6.10. The molecular weight excluding hydrogens is 648 g/mol. The first-order valence-electron chi connectivity index (χ1n) is 17.5. The number of aliphatic carboxylic acids is 1. The maximum absolute atomic E-state index is 12.6. The summed E-state index contributed by atoms with van der Waals surface area (Å²) in [5.74, 6) is 3.94. The van der Waals surface area contributed by atoms with Crippen molar-refractivity contribution >= 4 is 5.97 Å². The van der Waals surface area contributed by atoms with Crippen LogP contribution in [0.25, 0.3) is 0 Å². The van der Waals surface area contributed by atoms with Crippen molar-refractivity contribution in [2.24, 2.45) is 0 Å². The molecule has 4 aromatic rings. The van der Waals surface area contributed by atoms with Gasteiger partial charge >= 0.3 is 5.97 Å². The van der Waals surface area contributed by atoms with Crippen LogP contribution in [-0.4, -0.2) is 82.1 Å². The molecule has 10 heteroatoms. The Labute approximate surface area is 299 Å². The first-order chi connectivity index (χ1) is 24.6. The average Bonchev–Trinajstić information content (AvgIpc) is 3.13. The molecule has 0 aliphatic carbocycles.